The first-order valence-electron chi connectivity index (χ1n) is 12.6. The molecule has 4 nitrogen and oxygen atoms in total. The number of amides is 1. The molecule has 0 spiro atoms. The van der Waals surface area contributed by atoms with Crippen molar-refractivity contribution in [2.75, 3.05) is 5.32 Å². The maximum absolute atomic E-state index is 13.0. The lowest BCUT2D eigenvalue weighted by atomic mass is 9.56. The van der Waals surface area contributed by atoms with Gasteiger partial charge >= 0.3 is 0 Å². The van der Waals surface area contributed by atoms with Gasteiger partial charge in [0.25, 0.3) is 5.91 Å². The molecule has 0 aliphatic heterocycles. The summed E-state index contributed by atoms with van der Waals surface area (Å²) in [5.74, 6) is 0.336. The van der Waals surface area contributed by atoms with Crippen LogP contribution >= 0.6 is 0 Å². The smallest absolute Gasteiger partial charge is 0.255 e. The van der Waals surface area contributed by atoms with Gasteiger partial charge in [-0.15, -0.1) is 0 Å². The number of hydrogen-bond donors (Lipinski definition) is 2. The highest BCUT2D eigenvalue weighted by molar-refractivity contribution is 6.04. The number of rotatable bonds is 4. The number of aryl methyl sites for hydroxylation is 2. The average molecular weight is 455 g/mol. The second-order valence-corrected chi connectivity index (χ2v) is 10.2. The molecule has 1 aromatic heterocycles. The molecule has 176 valence electrons. The number of benzene rings is 2. The Morgan fingerprint density at radius 3 is 2.71 bits per heavy atom. The van der Waals surface area contributed by atoms with E-state index in [0.717, 1.165) is 61.9 Å². The molecule has 5 rings (SSSR count). The van der Waals surface area contributed by atoms with E-state index >= 15 is 0 Å². The molecular weight excluding hydrogens is 420 g/mol. The monoisotopic (exact) mass is 454 g/mol. The predicted molar refractivity (Wildman–Crippen MR) is 136 cm³/mol. The molecule has 2 N–H and O–H groups in total. The molecule has 2 aromatic carbocycles. The number of nitrogens with zero attached hydrogens (tertiary/aromatic N) is 1. The molecule has 4 heteroatoms. The molecule has 0 saturated heterocycles. The summed E-state index contributed by atoms with van der Waals surface area (Å²) in [6, 6.07) is 20.2. The van der Waals surface area contributed by atoms with Gasteiger partial charge in [0.1, 0.15) is 0 Å². The lowest BCUT2D eigenvalue weighted by Gasteiger charge is -2.50. The SMILES string of the molecule is CC[C@]12CC[C@@](O)(c3ccccc3)C[C@H]1CCCc1cc(C(=O)Nc3cccnc3C)ccc12. The third-order valence-electron chi connectivity index (χ3n) is 8.45. The van der Waals surface area contributed by atoms with Crippen LogP contribution in [0.25, 0.3) is 0 Å². The number of nitrogens with one attached hydrogen (secondary N) is 1. The van der Waals surface area contributed by atoms with Crippen molar-refractivity contribution in [1.82, 2.24) is 4.98 Å². The van der Waals surface area contributed by atoms with Gasteiger partial charge in [-0.3, -0.25) is 9.78 Å². The molecule has 0 unspecified atom stereocenters. The fourth-order valence-electron chi connectivity index (χ4n) is 6.52. The third-order valence-corrected chi connectivity index (χ3v) is 8.45. The van der Waals surface area contributed by atoms with Crippen molar-refractivity contribution in [2.45, 2.75) is 69.8 Å². The minimum absolute atomic E-state index is 0.0573. The van der Waals surface area contributed by atoms with E-state index in [4.69, 9.17) is 0 Å². The number of pyridine rings is 1. The van der Waals surface area contributed by atoms with Crippen LogP contribution in [0.4, 0.5) is 5.69 Å². The van der Waals surface area contributed by atoms with Crippen LogP contribution in [0.15, 0.2) is 66.9 Å². The fourth-order valence-corrected chi connectivity index (χ4v) is 6.52. The Morgan fingerprint density at radius 1 is 1.12 bits per heavy atom. The summed E-state index contributed by atoms with van der Waals surface area (Å²) in [4.78, 5) is 17.3. The highest BCUT2D eigenvalue weighted by atomic mass is 16.3. The molecule has 2 aliphatic carbocycles. The number of hydrogen-bond acceptors (Lipinski definition) is 3. The third kappa shape index (κ3) is 3.94. The molecule has 3 atom stereocenters. The quantitative estimate of drug-likeness (QED) is 0.485. The van der Waals surface area contributed by atoms with E-state index in [-0.39, 0.29) is 11.3 Å². The summed E-state index contributed by atoms with van der Waals surface area (Å²) in [6.07, 6.45) is 8.48. The number of anilines is 1. The highest BCUT2D eigenvalue weighted by Crippen LogP contribution is 2.55. The van der Waals surface area contributed by atoms with Crippen LogP contribution in [0, 0.1) is 12.8 Å². The van der Waals surface area contributed by atoms with Crippen LogP contribution in [0.2, 0.25) is 0 Å². The summed E-state index contributed by atoms with van der Waals surface area (Å²) in [5.41, 5.74) is 5.29. The Kier molecular flexibility index (Phi) is 6.03. The van der Waals surface area contributed by atoms with Gasteiger partial charge in [-0.25, -0.2) is 0 Å². The van der Waals surface area contributed by atoms with Crippen LogP contribution in [-0.4, -0.2) is 16.0 Å². The zero-order valence-corrected chi connectivity index (χ0v) is 20.2. The summed E-state index contributed by atoms with van der Waals surface area (Å²) in [7, 11) is 0. The number of carbonyl (C=O) groups excluding carboxylic acids is 1. The Morgan fingerprint density at radius 2 is 1.94 bits per heavy atom. The maximum Gasteiger partial charge on any atom is 0.255 e. The van der Waals surface area contributed by atoms with Crippen LogP contribution in [0.1, 0.15) is 78.2 Å². The first kappa shape index (κ1) is 22.8. The molecule has 34 heavy (non-hydrogen) atoms. The molecule has 2 aliphatic rings. The van der Waals surface area contributed by atoms with Crippen molar-refractivity contribution >= 4 is 11.6 Å². The summed E-state index contributed by atoms with van der Waals surface area (Å²) < 4.78 is 0. The van der Waals surface area contributed by atoms with Gasteiger partial charge in [0, 0.05) is 11.8 Å². The number of fused-ring (bicyclic) bond motifs is 3. The lowest BCUT2D eigenvalue weighted by Crippen LogP contribution is -2.46. The van der Waals surface area contributed by atoms with Gasteiger partial charge in [-0.2, -0.15) is 0 Å². The van der Waals surface area contributed by atoms with Crippen LogP contribution < -0.4 is 5.32 Å². The number of aromatic nitrogens is 1. The van der Waals surface area contributed by atoms with E-state index in [2.05, 4.69) is 41.5 Å². The van der Waals surface area contributed by atoms with Crippen molar-refractivity contribution < 1.29 is 9.90 Å². The van der Waals surface area contributed by atoms with Crippen LogP contribution in [0.5, 0.6) is 0 Å². The van der Waals surface area contributed by atoms with E-state index in [9.17, 15) is 9.90 Å². The van der Waals surface area contributed by atoms with Gasteiger partial charge < -0.3 is 10.4 Å². The molecule has 1 amide bonds. The van der Waals surface area contributed by atoms with Gasteiger partial charge in [-0.1, -0.05) is 43.3 Å². The Labute approximate surface area is 202 Å². The Bertz CT molecular complexity index is 1190. The van der Waals surface area contributed by atoms with E-state index in [1.165, 1.54) is 11.1 Å². The van der Waals surface area contributed by atoms with E-state index in [1.54, 1.807) is 6.20 Å². The van der Waals surface area contributed by atoms with Gasteiger partial charge in [0.2, 0.25) is 0 Å². The first-order valence-corrected chi connectivity index (χ1v) is 12.6. The summed E-state index contributed by atoms with van der Waals surface area (Å²) in [5, 5.41) is 14.7. The minimum atomic E-state index is -0.753. The second-order valence-electron chi connectivity index (χ2n) is 10.2. The van der Waals surface area contributed by atoms with Crippen molar-refractivity contribution in [1.29, 1.82) is 0 Å². The zero-order chi connectivity index (χ0) is 23.8. The fraction of sp³-hybridized carbons (Fsp3) is 0.400. The van der Waals surface area contributed by atoms with Gasteiger partial charge in [0.15, 0.2) is 0 Å². The molecule has 0 radical (unpaired) electrons. The van der Waals surface area contributed by atoms with Crippen LogP contribution in [-0.2, 0) is 17.4 Å². The molecule has 1 heterocycles. The molecule has 3 aromatic rings. The summed E-state index contributed by atoms with van der Waals surface area (Å²) in [6.45, 7) is 4.19. The van der Waals surface area contributed by atoms with E-state index < -0.39 is 5.60 Å². The largest absolute Gasteiger partial charge is 0.385 e. The first-order chi connectivity index (χ1) is 16.4. The molecule has 1 saturated carbocycles. The van der Waals surface area contributed by atoms with Crippen molar-refractivity contribution in [3.05, 3.63) is 94.8 Å². The summed E-state index contributed by atoms with van der Waals surface area (Å²) >= 11 is 0. The number of aliphatic hydroxyl groups is 1. The predicted octanol–water partition coefficient (Wildman–Crippen LogP) is 6.31. The second kappa shape index (κ2) is 8.99. The van der Waals surface area contributed by atoms with Crippen molar-refractivity contribution in [3.63, 3.8) is 0 Å². The van der Waals surface area contributed by atoms with E-state index in [0.29, 0.717) is 11.5 Å². The van der Waals surface area contributed by atoms with Crippen molar-refractivity contribution in [2.24, 2.45) is 5.92 Å². The lowest BCUT2D eigenvalue weighted by molar-refractivity contribution is -0.0533. The molecular formula is C30H34N2O2. The maximum atomic E-state index is 13.0. The van der Waals surface area contributed by atoms with Crippen LogP contribution in [0.3, 0.4) is 0 Å². The zero-order valence-electron chi connectivity index (χ0n) is 20.2. The average Bonchev–Trinajstić information content (AvgIpc) is 3.02. The minimum Gasteiger partial charge on any atom is -0.385 e. The molecule has 0 bridgehead atoms. The highest BCUT2D eigenvalue weighted by Gasteiger charge is 2.50. The Balaban J connectivity index is 1.45. The standard InChI is InChI=1S/C30H34N2O2/c1-3-29-16-17-30(34,24-10-5-4-6-11-24)20-25(29)12-7-9-22-19-23(14-15-26(22)29)28(33)32-27-13-8-18-31-21(27)2/h4-6,8,10-11,13-15,18-19,25,34H,3,7,9,12,16-17,20H2,1-2H3,(H,32,33)/t25-,29+,30+/m1/s1. The van der Waals surface area contributed by atoms with Gasteiger partial charge in [0.05, 0.1) is 17.0 Å². The number of carbonyl (C=O) groups is 1. The Hall–Kier alpha value is -2.98. The normalized spacial score (nSPS) is 26.1. The van der Waals surface area contributed by atoms with E-state index in [1.807, 2.05) is 43.3 Å². The van der Waals surface area contributed by atoms with Crippen molar-refractivity contribution in [3.8, 4) is 0 Å². The topological polar surface area (TPSA) is 62.2 Å². The molecule has 1 fully saturated rings. The van der Waals surface area contributed by atoms with Gasteiger partial charge in [-0.05, 0) is 104 Å².